The maximum atomic E-state index is 12.5. The number of benzene rings is 1. The third-order valence-corrected chi connectivity index (χ3v) is 5.46. The maximum absolute atomic E-state index is 12.5. The van der Waals surface area contributed by atoms with Gasteiger partial charge in [0.2, 0.25) is 5.82 Å². The zero-order valence-electron chi connectivity index (χ0n) is 15.2. The van der Waals surface area contributed by atoms with Crippen LogP contribution in [-0.2, 0) is 17.8 Å². The summed E-state index contributed by atoms with van der Waals surface area (Å²) in [5.74, 6) is 1.03. The molecule has 0 spiro atoms. The van der Waals surface area contributed by atoms with Crippen molar-refractivity contribution in [3.05, 3.63) is 35.2 Å². The van der Waals surface area contributed by atoms with E-state index < -0.39 is 0 Å². The smallest absolute Gasteiger partial charge is 0.317 e. The lowest BCUT2D eigenvalue weighted by molar-refractivity contribution is 0.151. The van der Waals surface area contributed by atoms with Crippen LogP contribution < -0.4 is 5.32 Å². The third kappa shape index (κ3) is 3.19. The van der Waals surface area contributed by atoms with E-state index in [4.69, 9.17) is 9.26 Å². The molecule has 0 bridgehead atoms. The molecule has 2 amide bonds. The van der Waals surface area contributed by atoms with Crippen LogP contribution in [0.25, 0.3) is 11.4 Å². The van der Waals surface area contributed by atoms with Gasteiger partial charge in [-0.05, 0) is 49.3 Å². The van der Waals surface area contributed by atoms with Gasteiger partial charge in [0.15, 0.2) is 0 Å². The molecule has 1 atom stereocenters. The van der Waals surface area contributed by atoms with Crippen molar-refractivity contribution in [1.82, 2.24) is 20.4 Å². The number of nitrogens with zero attached hydrogens (tertiary/aromatic N) is 3. The van der Waals surface area contributed by atoms with E-state index in [9.17, 15) is 4.79 Å². The maximum Gasteiger partial charge on any atom is 0.317 e. The summed E-state index contributed by atoms with van der Waals surface area (Å²) >= 11 is 0. The standard InChI is InChI=1S/C19H24N4O3/c1-23(14-4-3-5-14)19(24)20-16-9-7-12-10-13(6-8-15(12)16)18-21-17(11-25-2)26-22-18/h6,8,10,14,16H,3-5,7,9,11H2,1-2H3,(H,20,24)/t16-/m1/s1. The highest BCUT2D eigenvalue weighted by molar-refractivity contribution is 5.75. The van der Waals surface area contributed by atoms with Crippen LogP contribution in [0.2, 0.25) is 0 Å². The molecule has 1 heterocycles. The Labute approximate surface area is 152 Å². The van der Waals surface area contributed by atoms with E-state index in [0.717, 1.165) is 31.2 Å². The summed E-state index contributed by atoms with van der Waals surface area (Å²) in [5.41, 5.74) is 3.34. The Hall–Kier alpha value is -2.41. The van der Waals surface area contributed by atoms with E-state index in [2.05, 4.69) is 27.6 Å². The molecule has 2 aliphatic rings. The lowest BCUT2D eigenvalue weighted by Crippen LogP contribution is -2.47. The molecule has 0 saturated heterocycles. The molecule has 26 heavy (non-hydrogen) atoms. The molecule has 0 aliphatic heterocycles. The van der Waals surface area contributed by atoms with Crippen LogP contribution in [0.3, 0.4) is 0 Å². The number of fused-ring (bicyclic) bond motifs is 1. The number of aryl methyl sites for hydroxylation is 1. The molecular formula is C19H24N4O3. The van der Waals surface area contributed by atoms with Gasteiger partial charge in [-0.2, -0.15) is 4.98 Å². The highest BCUT2D eigenvalue weighted by atomic mass is 16.5. The third-order valence-electron chi connectivity index (χ3n) is 5.46. The first-order chi connectivity index (χ1) is 12.7. The Morgan fingerprint density at radius 3 is 2.96 bits per heavy atom. The summed E-state index contributed by atoms with van der Waals surface area (Å²) in [7, 11) is 3.49. The lowest BCUT2D eigenvalue weighted by atomic mass is 9.92. The van der Waals surface area contributed by atoms with Crippen LogP contribution in [0, 0.1) is 0 Å². The Morgan fingerprint density at radius 1 is 1.38 bits per heavy atom. The van der Waals surface area contributed by atoms with E-state index in [1.165, 1.54) is 17.5 Å². The predicted molar refractivity (Wildman–Crippen MR) is 95.4 cm³/mol. The summed E-state index contributed by atoms with van der Waals surface area (Å²) < 4.78 is 10.2. The largest absolute Gasteiger partial charge is 0.375 e. The average Bonchev–Trinajstić information content (AvgIpc) is 3.20. The molecular weight excluding hydrogens is 332 g/mol. The molecule has 7 heteroatoms. The van der Waals surface area contributed by atoms with Gasteiger partial charge in [-0.3, -0.25) is 0 Å². The Balaban J connectivity index is 1.46. The van der Waals surface area contributed by atoms with Crippen LogP contribution in [0.15, 0.2) is 22.7 Å². The number of aromatic nitrogens is 2. The molecule has 0 unspecified atom stereocenters. The summed E-state index contributed by atoms with van der Waals surface area (Å²) in [6.07, 6.45) is 5.31. The number of hydrogen-bond donors (Lipinski definition) is 1. The van der Waals surface area contributed by atoms with E-state index in [1.807, 2.05) is 18.0 Å². The Morgan fingerprint density at radius 2 is 2.23 bits per heavy atom. The summed E-state index contributed by atoms with van der Waals surface area (Å²) in [6.45, 7) is 0.306. The number of amides is 2. The number of urea groups is 1. The topological polar surface area (TPSA) is 80.5 Å². The predicted octanol–water partition coefficient (Wildman–Crippen LogP) is 3.06. The van der Waals surface area contributed by atoms with Crippen LogP contribution in [-0.4, -0.2) is 41.3 Å². The van der Waals surface area contributed by atoms with Crippen LogP contribution in [0.5, 0.6) is 0 Å². The molecule has 4 rings (SSSR count). The SMILES string of the molecule is COCc1nc(-c2ccc3c(c2)CC[C@H]3NC(=O)N(C)C2CCC2)no1. The molecule has 1 saturated carbocycles. The van der Waals surface area contributed by atoms with E-state index in [1.54, 1.807) is 7.11 Å². The lowest BCUT2D eigenvalue weighted by Gasteiger charge is -2.35. The van der Waals surface area contributed by atoms with Crippen LogP contribution in [0.1, 0.15) is 48.7 Å². The number of carbonyl (C=O) groups excluding carboxylic acids is 1. The minimum Gasteiger partial charge on any atom is -0.375 e. The zero-order valence-corrected chi connectivity index (χ0v) is 15.2. The van der Waals surface area contributed by atoms with Crippen molar-refractivity contribution in [2.75, 3.05) is 14.2 Å². The van der Waals surface area contributed by atoms with E-state index in [-0.39, 0.29) is 12.1 Å². The number of ether oxygens (including phenoxy) is 1. The van der Waals surface area contributed by atoms with Crippen molar-refractivity contribution < 1.29 is 14.1 Å². The van der Waals surface area contributed by atoms with Crippen molar-refractivity contribution in [2.45, 2.75) is 50.8 Å². The van der Waals surface area contributed by atoms with Gasteiger partial charge in [0.25, 0.3) is 5.89 Å². The molecule has 2 aromatic rings. The van der Waals surface area contributed by atoms with Gasteiger partial charge >= 0.3 is 6.03 Å². The molecule has 7 nitrogen and oxygen atoms in total. The van der Waals surface area contributed by atoms with E-state index in [0.29, 0.717) is 24.4 Å². The average molecular weight is 356 g/mol. The number of rotatable bonds is 5. The first kappa shape index (κ1) is 17.0. The van der Waals surface area contributed by atoms with Gasteiger partial charge in [0.05, 0.1) is 6.04 Å². The van der Waals surface area contributed by atoms with Gasteiger partial charge in [-0.15, -0.1) is 0 Å². The summed E-state index contributed by atoms with van der Waals surface area (Å²) in [4.78, 5) is 18.7. The van der Waals surface area contributed by atoms with Gasteiger partial charge in [0, 0.05) is 25.8 Å². The minimum absolute atomic E-state index is 0.0269. The molecule has 1 fully saturated rings. The minimum atomic E-state index is 0.0269. The van der Waals surface area contributed by atoms with Crippen molar-refractivity contribution in [2.24, 2.45) is 0 Å². The number of hydrogen-bond acceptors (Lipinski definition) is 5. The first-order valence-electron chi connectivity index (χ1n) is 9.13. The molecule has 2 aliphatic carbocycles. The molecule has 1 N–H and O–H groups in total. The van der Waals surface area contributed by atoms with Crippen molar-refractivity contribution in [3.8, 4) is 11.4 Å². The fourth-order valence-electron chi connectivity index (χ4n) is 3.65. The first-order valence-corrected chi connectivity index (χ1v) is 9.13. The summed E-state index contributed by atoms with van der Waals surface area (Å²) in [6, 6.07) is 6.65. The fourth-order valence-corrected chi connectivity index (χ4v) is 3.65. The van der Waals surface area contributed by atoms with Crippen molar-refractivity contribution in [3.63, 3.8) is 0 Å². The number of carbonyl (C=O) groups is 1. The number of methoxy groups -OCH3 is 1. The van der Waals surface area contributed by atoms with Crippen LogP contribution >= 0.6 is 0 Å². The quantitative estimate of drug-likeness (QED) is 0.890. The molecule has 138 valence electrons. The molecule has 1 aromatic heterocycles. The van der Waals surface area contributed by atoms with Crippen molar-refractivity contribution in [1.29, 1.82) is 0 Å². The fraction of sp³-hybridized carbons (Fsp3) is 0.526. The van der Waals surface area contributed by atoms with Gasteiger partial charge in [-0.25, -0.2) is 4.79 Å². The molecule has 0 radical (unpaired) electrons. The van der Waals surface area contributed by atoms with Crippen molar-refractivity contribution >= 4 is 6.03 Å². The second kappa shape index (κ2) is 7.07. The van der Waals surface area contributed by atoms with Gasteiger partial charge < -0.3 is 19.5 Å². The highest BCUT2D eigenvalue weighted by Crippen LogP contribution is 2.34. The van der Waals surface area contributed by atoms with Gasteiger partial charge in [-0.1, -0.05) is 17.3 Å². The van der Waals surface area contributed by atoms with E-state index >= 15 is 0 Å². The second-order valence-corrected chi connectivity index (χ2v) is 7.09. The zero-order chi connectivity index (χ0) is 18.1. The Bertz CT molecular complexity index is 800. The Kier molecular flexibility index (Phi) is 4.63. The number of nitrogens with one attached hydrogen (secondary N) is 1. The van der Waals surface area contributed by atoms with Gasteiger partial charge in [0.1, 0.15) is 6.61 Å². The second-order valence-electron chi connectivity index (χ2n) is 7.09. The van der Waals surface area contributed by atoms with Crippen LogP contribution in [0.4, 0.5) is 4.79 Å². The summed E-state index contributed by atoms with van der Waals surface area (Å²) in [5, 5.41) is 7.20. The normalized spacial score (nSPS) is 19.1. The molecule has 1 aromatic carbocycles. The monoisotopic (exact) mass is 356 g/mol. The highest BCUT2D eigenvalue weighted by Gasteiger charge is 2.29.